The van der Waals surface area contributed by atoms with Crippen molar-refractivity contribution in [1.82, 2.24) is 4.57 Å². The minimum Gasteiger partial charge on any atom is -0.478 e. The molecule has 0 saturated heterocycles. The molecule has 21 heavy (non-hydrogen) atoms. The third kappa shape index (κ3) is 1.77. The molecule has 0 fully saturated rings. The van der Waals surface area contributed by atoms with Crippen LogP contribution in [0.25, 0.3) is 17.0 Å². The van der Waals surface area contributed by atoms with Gasteiger partial charge in [0.1, 0.15) is 0 Å². The van der Waals surface area contributed by atoms with Gasteiger partial charge >= 0.3 is 5.97 Å². The first kappa shape index (κ1) is 12.5. The molecule has 5 heteroatoms. The second kappa shape index (κ2) is 4.63. The maximum atomic E-state index is 11.6. The molecule has 1 aromatic carbocycles. The fourth-order valence-electron chi connectivity index (χ4n) is 3.00. The fraction of sp³-hybridized carbons (Fsp3) is 0.125. The topological polar surface area (TPSA) is 54.6 Å². The van der Waals surface area contributed by atoms with E-state index in [1.165, 1.54) is 0 Å². The summed E-state index contributed by atoms with van der Waals surface area (Å²) in [4.78, 5) is 16.9. The first-order valence-corrected chi connectivity index (χ1v) is 7.56. The monoisotopic (exact) mass is 296 g/mol. The van der Waals surface area contributed by atoms with Crippen LogP contribution < -0.4 is 0 Å². The van der Waals surface area contributed by atoms with E-state index < -0.39 is 5.97 Å². The number of hydrogen-bond donors (Lipinski definition) is 1. The van der Waals surface area contributed by atoms with Crippen molar-refractivity contribution in [2.75, 3.05) is 0 Å². The summed E-state index contributed by atoms with van der Waals surface area (Å²) in [5.41, 5.74) is 3.50. The van der Waals surface area contributed by atoms with Crippen molar-refractivity contribution in [3.63, 3.8) is 0 Å². The Labute approximate surface area is 125 Å². The molecule has 0 amide bonds. The molecule has 4 nitrogen and oxygen atoms in total. The van der Waals surface area contributed by atoms with Gasteiger partial charge in [0, 0.05) is 46.9 Å². The summed E-state index contributed by atoms with van der Waals surface area (Å²) in [5.74, 6) is -0.887. The summed E-state index contributed by atoms with van der Waals surface area (Å²) < 4.78 is 2.21. The summed E-state index contributed by atoms with van der Waals surface area (Å²) in [7, 11) is 0. The number of aromatic carboxylic acids is 1. The summed E-state index contributed by atoms with van der Waals surface area (Å²) >= 11 is 1.64. The molecule has 3 heterocycles. The van der Waals surface area contributed by atoms with Crippen LogP contribution in [0.4, 0.5) is 0 Å². The van der Waals surface area contributed by atoms with Crippen LogP contribution in [0.1, 0.15) is 21.6 Å². The number of rotatable bonds is 1. The summed E-state index contributed by atoms with van der Waals surface area (Å²) in [6.07, 6.45) is 8.35. The number of allylic oxidation sites excluding steroid dienone is 1. The third-order valence-electron chi connectivity index (χ3n) is 3.84. The number of aliphatic imine (C=N–C) groups is 1. The Morgan fingerprint density at radius 2 is 2.29 bits per heavy atom. The van der Waals surface area contributed by atoms with Gasteiger partial charge in [0.2, 0.25) is 0 Å². The van der Waals surface area contributed by atoms with Gasteiger partial charge in [0.05, 0.1) is 11.1 Å². The van der Waals surface area contributed by atoms with Crippen LogP contribution in [-0.2, 0) is 13.0 Å². The van der Waals surface area contributed by atoms with Crippen molar-refractivity contribution < 1.29 is 9.90 Å². The molecule has 1 aromatic heterocycles. The van der Waals surface area contributed by atoms with Crippen LogP contribution >= 0.6 is 11.8 Å². The molecular weight excluding hydrogens is 284 g/mol. The van der Waals surface area contributed by atoms with Crippen molar-refractivity contribution in [2.45, 2.75) is 17.9 Å². The molecule has 0 unspecified atom stereocenters. The minimum absolute atomic E-state index is 0.359. The van der Waals surface area contributed by atoms with Gasteiger partial charge in [-0.2, -0.15) is 0 Å². The van der Waals surface area contributed by atoms with Gasteiger partial charge in [-0.05, 0) is 23.6 Å². The molecule has 0 bridgehead atoms. The molecule has 2 aromatic rings. The fourth-order valence-corrected chi connectivity index (χ4v) is 3.80. The Hall–Kier alpha value is -2.27. The predicted molar refractivity (Wildman–Crippen MR) is 85.1 cm³/mol. The quantitative estimate of drug-likeness (QED) is 0.875. The van der Waals surface area contributed by atoms with Gasteiger partial charge in [-0.25, -0.2) is 4.79 Å². The van der Waals surface area contributed by atoms with Gasteiger partial charge in [0.25, 0.3) is 0 Å². The van der Waals surface area contributed by atoms with E-state index >= 15 is 0 Å². The molecule has 0 saturated carbocycles. The highest BCUT2D eigenvalue weighted by molar-refractivity contribution is 8.02. The standard InChI is InChI=1S/C16H12N2O2S/c19-16(20)11-2-3-13-15-14(11)10-4-6-17-7-5-12(10)18(15)8-1-9-21-13/h1-4,6-7,9H,5,8H2,(H,19,20). The predicted octanol–water partition coefficient (Wildman–Crippen LogP) is 3.56. The number of carboxylic acid groups (broad SMARTS) is 1. The van der Waals surface area contributed by atoms with Crippen molar-refractivity contribution >= 4 is 40.9 Å². The molecule has 0 radical (unpaired) electrons. The number of fused-ring (bicyclic) bond motifs is 3. The lowest BCUT2D eigenvalue weighted by Crippen LogP contribution is -2.02. The second-order valence-corrected chi connectivity index (χ2v) is 5.90. The highest BCUT2D eigenvalue weighted by atomic mass is 32.2. The van der Waals surface area contributed by atoms with Crippen molar-refractivity contribution in [3.05, 3.63) is 46.6 Å². The Kier molecular flexibility index (Phi) is 2.75. The van der Waals surface area contributed by atoms with Crippen LogP contribution in [0.3, 0.4) is 0 Å². The lowest BCUT2D eigenvalue weighted by Gasteiger charge is -2.07. The Morgan fingerprint density at radius 1 is 1.38 bits per heavy atom. The SMILES string of the molecule is O=C(O)c1ccc2c3c1c1c(n3CC=CS2)CC=NC=C1. The van der Waals surface area contributed by atoms with Gasteiger partial charge in [0.15, 0.2) is 0 Å². The second-order valence-electron chi connectivity index (χ2n) is 4.95. The number of carboxylic acids is 1. The first-order chi connectivity index (χ1) is 10.3. The van der Waals surface area contributed by atoms with Crippen LogP contribution in [-0.4, -0.2) is 21.9 Å². The number of nitrogens with zero attached hydrogens (tertiary/aromatic N) is 2. The van der Waals surface area contributed by atoms with Crippen LogP contribution in [0, 0.1) is 0 Å². The Morgan fingerprint density at radius 3 is 3.14 bits per heavy atom. The Balaban J connectivity index is 2.20. The molecular formula is C16H12N2O2S. The van der Waals surface area contributed by atoms with E-state index in [-0.39, 0.29) is 0 Å². The largest absolute Gasteiger partial charge is 0.478 e. The van der Waals surface area contributed by atoms with E-state index in [4.69, 9.17) is 0 Å². The zero-order chi connectivity index (χ0) is 14.4. The van der Waals surface area contributed by atoms with Crippen molar-refractivity contribution in [3.8, 4) is 0 Å². The van der Waals surface area contributed by atoms with Gasteiger partial charge in [-0.1, -0.05) is 17.8 Å². The van der Waals surface area contributed by atoms with Crippen LogP contribution in [0.15, 0.2) is 39.7 Å². The molecule has 0 spiro atoms. The first-order valence-electron chi connectivity index (χ1n) is 6.68. The van der Waals surface area contributed by atoms with Crippen LogP contribution in [0.5, 0.6) is 0 Å². The number of thioether (sulfide) groups is 1. The molecule has 0 atom stereocenters. The number of carbonyl (C=O) groups is 1. The van der Waals surface area contributed by atoms with E-state index in [1.807, 2.05) is 18.4 Å². The number of benzene rings is 1. The van der Waals surface area contributed by atoms with E-state index in [0.717, 1.165) is 33.6 Å². The lowest BCUT2D eigenvalue weighted by molar-refractivity contribution is 0.0699. The van der Waals surface area contributed by atoms with Crippen molar-refractivity contribution in [2.24, 2.45) is 4.99 Å². The van der Waals surface area contributed by atoms with Crippen LogP contribution in [0.2, 0.25) is 0 Å². The Bertz CT molecular complexity index is 859. The summed E-state index contributed by atoms with van der Waals surface area (Å²) in [6, 6.07) is 3.61. The highest BCUT2D eigenvalue weighted by Crippen LogP contribution is 2.39. The summed E-state index contributed by atoms with van der Waals surface area (Å²) in [6.45, 7) is 0.761. The third-order valence-corrected chi connectivity index (χ3v) is 4.76. The molecule has 4 rings (SSSR count). The normalized spacial score (nSPS) is 15.8. The smallest absolute Gasteiger partial charge is 0.336 e. The van der Waals surface area contributed by atoms with E-state index in [1.54, 1.807) is 24.0 Å². The maximum Gasteiger partial charge on any atom is 0.336 e. The number of hydrogen-bond acceptors (Lipinski definition) is 3. The molecule has 104 valence electrons. The zero-order valence-electron chi connectivity index (χ0n) is 11.1. The summed E-state index contributed by atoms with van der Waals surface area (Å²) in [5, 5.41) is 12.4. The zero-order valence-corrected chi connectivity index (χ0v) is 11.9. The van der Waals surface area contributed by atoms with Gasteiger partial charge < -0.3 is 9.67 Å². The van der Waals surface area contributed by atoms with E-state index in [9.17, 15) is 9.90 Å². The average Bonchev–Trinajstić information content (AvgIpc) is 2.69. The van der Waals surface area contributed by atoms with E-state index in [2.05, 4.69) is 21.0 Å². The highest BCUT2D eigenvalue weighted by Gasteiger charge is 2.23. The number of aromatic nitrogens is 1. The lowest BCUT2D eigenvalue weighted by atomic mass is 10.0. The van der Waals surface area contributed by atoms with Crippen molar-refractivity contribution in [1.29, 1.82) is 0 Å². The average molecular weight is 296 g/mol. The molecule has 2 aliphatic rings. The van der Waals surface area contributed by atoms with Gasteiger partial charge in [-0.15, -0.1) is 0 Å². The van der Waals surface area contributed by atoms with Gasteiger partial charge in [-0.3, -0.25) is 4.99 Å². The molecule has 2 aliphatic heterocycles. The molecule has 0 aliphatic carbocycles. The van der Waals surface area contributed by atoms with E-state index in [0.29, 0.717) is 12.0 Å². The minimum atomic E-state index is -0.887. The maximum absolute atomic E-state index is 11.6. The molecule has 1 N–H and O–H groups in total.